The van der Waals surface area contributed by atoms with Crippen LogP contribution in [-0.4, -0.2) is 50.0 Å². The summed E-state index contributed by atoms with van der Waals surface area (Å²) in [7, 11) is -3.63. The third-order valence-corrected chi connectivity index (χ3v) is 10.0. The number of nitrogens with one attached hydrogen (secondary N) is 1. The van der Waals surface area contributed by atoms with E-state index in [1.807, 2.05) is 61.5 Å². The monoisotopic (exact) mass is 701 g/mol. The van der Waals surface area contributed by atoms with Crippen molar-refractivity contribution in [1.82, 2.24) is 10.2 Å². The minimum Gasteiger partial charge on any atom is -0.352 e. The normalized spacial score (nSPS) is 14.5. The van der Waals surface area contributed by atoms with Crippen molar-refractivity contribution in [2.75, 3.05) is 17.1 Å². The van der Waals surface area contributed by atoms with Crippen LogP contribution in [0, 0.1) is 6.92 Å². The SMILES string of the molecule is Cc1ccc(Cl)cc1N(CCCC(=O)N(Cc1ccc(Br)cc1)[C@@H](Cc1ccccc1)C(=O)NC1CCCCC1)S(C)(=O)=O. The standard InChI is InChI=1S/C34H41BrClN3O4S/c1-25-15-20-29(36)23-31(25)39(44(2,42)43)21-9-14-33(40)38(24-27-16-18-28(35)19-17-27)32(22-26-10-5-3-6-11-26)34(41)37-30-12-7-4-8-13-30/h3,5-6,10-11,15-20,23,30,32H,4,7-9,12-14,21-22,24H2,1-2H3,(H,37,41)/t32-/m0/s1. The Balaban J connectivity index is 1.60. The van der Waals surface area contributed by atoms with Crippen LogP contribution < -0.4 is 9.62 Å². The second-order valence-electron chi connectivity index (χ2n) is 11.6. The number of hydrogen-bond donors (Lipinski definition) is 1. The summed E-state index contributed by atoms with van der Waals surface area (Å²) in [4.78, 5) is 29.7. The minimum absolute atomic E-state index is 0.0736. The zero-order valence-corrected chi connectivity index (χ0v) is 28.5. The Kier molecular flexibility index (Phi) is 12.3. The molecule has 0 bridgehead atoms. The lowest BCUT2D eigenvalue weighted by atomic mass is 9.94. The van der Waals surface area contributed by atoms with Crippen molar-refractivity contribution in [2.24, 2.45) is 0 Å². The Morgan fingerprint density at radius 2 is 1.66 bits per heavy atom. The minimum atomic E-state index is -3.63. The molecular weight excluding hydrogens is 662 g/mol. The van der Waals surface area contributed by atoms with Crippen molar-refractivity contribution >= 4 is 55.1 Å². The summed E-state index contributed by atoms with van der Waals surface area (Å²) < 4.78 is 27.8. The third kappa shape index (κ3) is 9.81. The summed E-state index contributed by atoms with van der Waals surface area (Å²) in [5, 5.41) is 3.69. The number of halogens is 2. The number of benzene rings is 3. The number of nitrogens with zero attached hydrogens (tertiary/aromatic N) is 2. The first-order valence-corrected chi connectivity index (χ1v) is 18.2. The molecule has 1 aliphatic rings. The zero-order valence-electron chi connectivity index (χ0n) is 25.3. The van der Waals surface area contributed by atoms with Gasteiger partial charge in [0.05, 0.1) is 11.9 Å². The predicted molar refractivity (Wildman–Crippen MR) is 181 cm³/mol. The number of hydrogen-bond acceptors (Lipinski definition) is 4. The first-order chi connectivity index (χ1) is 21.0. The van der Waals surface area contributed by atoms with Crippen LogP contribution in [0.15, 0.2) is 77.3 Å². The number of amides is 2. The van der Waals surface area contributed by atoms with Gasteiger partial charge < -0.3 is 10.2 Å². The summed E-state index contributed by atoms with van der Waals surface area (Å²) in [5.74, 6) is -0.359. The van der Waals surface area contributed by atoms with Crippen LogP contribution in [0.2, 0.25) is 5.02 Å². The van der Waals surface area contributed by atoms with E-state index in [0.29, 0.717) is 17.1 Å². The van der Waals surface area contributed by atoms with E-state index in [1.165, 1.54) is 10.7 Å². The van der Waals surface area contributed by atoms with E-state index in [0.717, 1.165) is 53.1 Å². The number of aryl methyl sites for hydroxylation is 1. The van der Waals surface area contributed by atoms with E-state index in [-0.39, 0.29) is 43.8 Å². The Bertz CT molecular complexity index is 1510. The third-order valence-electron chi connectivity index (χ3n) is 8.08. The lowest BCUT2D eigenvalue weighted by Crippen LogP contribution is -2.52. The van der Waals surface area contributed by atoms with Crippen molar-refractivity contribution in [1.29, 1.82) is 0 Å². The highest BCUT2D eigenvalue weighted by Gasteiger charge is 2.32. The summed E-state index contributed by atoms with van der Waals surface area (Å²) in [6.07, 6.45) is 7.09. The highest BCUT2D eigenvalue weighted by atomic mass is 79.9. The van der Waals surface area contributed by atoms with E-state index in [1.54, 1.807) is 23.1 Å². The molecule has 0 aliphatic heterocycles. The molecule has 1 saturated carbocycles. The average molecular weight is 703 g/mol. The molecule has 0 heterocycles. The maximum atomic E-state index is 14.1. The highest BCUT2D eigenvalue weighted by molar-refractivity contribution is 9.10. The van der Waals surface area contributed by atoms with Gasteiger partial charge in [-0.3, -0.25) is 13.9 Å². The van der Waals surface area contributed by atoms with Crippen molar-refractivity contribution in [3.8, 4) is 0 Å². The average Bonchev–Trinajstić information content (AvgIpc) is 2.99. The van der Waals surface area contributed by atoms with Crippen LogP contribution in [0.4, 0.5) is 5.69 Å². The van der Waals surface area contributed by atoms with Crippen LogP contribution in [-0.2, 0) is 32.6 Å². The predicted octanol–water partition coefficient (Wildman–Crippen LogP) is 7.05. The van der Waals surface area contributed by atoms with Crippen molar-refractivity contribution in [3.63, 3.8) is 0 Å². The largest absolute Gasteiger partial charge is 0.352 e. The Morgan fingerprint density at radius 1 is 0.977 bits per heavy atom. The molecule has 2 amide bonds. The smallest absolute Gasteiger partial charge is 0.243 e. The van der Waals surface area contributed by atoms with Crippen LogP contribution in [0.3, 0.4) is 0 Å². The maximum absolute atomic E-state index is 14.1. The van der Waals surface area contributed by atoms with Crippen LogP contribution in [0.5, 0.6) is 0 Å². The number of sulfonamides is 1. The molecule has 1 N–H and O–H groups in total. The maximum Gasteiger partial charge on any atom is 0.243 e. The summed E-state index contributed by atoms with van der Waals surface area (Å²) in [6, 6.07) is 22.0. The second kappa shape index (κ2) is 15.9. The summed E-state index contributed by atoms with van der Waals surface area (Å²) >= 11 is 9.68. The van der Waals surface area contributed by atoms with E-state index in [9.17, 15) is 18.0 Å². The molecule has 3 aromatic carbocycles. The van der Waals surface area contributed by atoms with Gasteiger partial charge in [-0.2, -0.15) is 0 Å². The summed E-state index contributed by atoms with van der Waals surface area (Å²) in [6.45, 7) is 2.19. The van der Waals surface area contributed by atoms with Gasteiger partial charge in [0.2, 0.25) is 21.8 Å². The number of carbonyl (C=O) groups excluding carboxylic acids is 2. The highest BCUT2D eigenvalue weighted by Crippen LogP contribution is 2.27. The Morgan fingerprint density at radius 3 is 2.32 bits per heavy atom. The Labute approximate surface area is 275 Å². The number of anilines is 1. The van der Waals surface area contributed by atoms with E-state index >= 15 is 0 Å². The van der Waals surface area contributed by atoms with Crippen LogP contribution in [0.1, 0.15) is 61.6 Å². The van der Waals surface area contributed by atoms with Gasteiger partial charge in [-0.05, 0) is 67.1 Å². The van der Waals surface area contributed by atoms with Gasteiger partial charge in [-0.15, -0.1) is 0 Å². The molecule has 1 fully saturated rings. The lowest BCUT2D eigenvalue weighted by molar-refractivity contribution is -0.141. The molecule has 4 rings (SSSR count). The van der Waals surface area contributed by atoms with Gasteiger partial charge in [-0.1, -0.05) is 95.3 Å². The molecular formula is C34H41BrClN3O4S. The lowest BCUT2D eigenvalue weighted by Gasteiger charge is -2.34. The van der Waals surface area contributed by atoms with Crippen molar-refractivity contribution in [3.05, 3.63) is 99.0 Å². The molecule has 7 nitrogen and oxygen atoms in total. The fourth-order valence-corrected chi connectivity index (χ4v) is 7.16. The van der Waals surface area contributed by atoms with Crippen LogP contribution in [0.25, 0.3) is 0 Å². The van der Waals surface area contributed by atoms with Gasteiger partial charge in [-0.25, -0.2) is 8.42 Å². The molecule has 0 unspecified atom stereocenters. The molecule has 44 heavy (non-hydrogen) atoms. The van der Waals surface area contributed by atoms with Gasteiger partial charge in [0.15, 0.2) is 0 Å². The number of rotatable bonds is 13. The first kappa shape index (κ1) is 34.0. The van der Waals surface area contributed by atoms with Gasteiger partial charge in [0, 0.05) is 41.5 Å². The van der Waals surface area contributed by atoms with Gasteiger partial charge in [0.25, 0.3) is 0 Å². The van der Waals surface area contributed by atoms with Crippen molar-refractivity contribution < 1.29 is 18.0 Å². The molecule has 236 valence electrons. The number of carbonyl (C=O) groups is 2. The fraction of sp³-hybridized carbons (Fsp3) is 0.412. The van der Waals surface area contributed by atoms with E-state index < -0.39 is 16.1 Å². The van der Waals surface area contributed by atoms with Crippen LogP contribution >= 0.6 is 27.5 Å². The molecule has 1 atom stereocenters. The van der Waals surface area contributed by atoms with Gasteiger partial charge >= 0.3 is 0 Å². The molecule has 1 aliphatic carbocycles. The molecule has 0 aromatic heterocycles. The fourth-order valence-electron chi connectivity index (χ4n) is 5.72. The second-order valence-corrected chi connectivity index (χ2v) is 14.8. The van der Waals surface area contributed by atoms with Gasteiger partial charge in [0.1, 0.15) is 6.04 Å². The molecule has 0 saturated heterocycles. The first-order valence-electron chi connectivity index (χ1n) is 15.1. The quantitative estimate of drug-likeness (QED) is 0.207. The topological polar surface area (TPSA) is 86.8 Å². The molecule has 0 spiro atoms. The molecule has 10 heteroatoms. The molecule has 0 radical (unpaired) electrons. The zero-order chi connectivity index (χ0) is 31.7. The summed E-state index contributed by atoms with van der Waals surface area (Å²) in [5.41, 5.74) is 3.13. The van der Waals surface area contributed by atoms with E-state index in [4.69, 9.17) is 11.6 Å². The molecule has 3 aromatic rings. The van der Waals surface area contributed by atoms with Crippen molar-refractivity contribution in [2.45, 2.75) is 76.9 Å². The van der Waals surface area contributed by atoms with E-state index in [2.05, 4.69) is 21.2 Å². The Hall–Kier alpha value is -2.88.